The lowest BCUT2D eigenvalue weighted by Crippen LogP contribution is -2.33. The van der Waals surface area contributed by atoms with E-state index in [1.807, 2.05) is 24.3 Å². The second-order valence-corrected chi connectivity index (χ2v) is 8.19. The third-order valence-electron chi connectivity index (χ3n) is 5.76. The second kappa shape index (κ2) is 9.62. The standard InChI is InChI=1S/C25H24F3N3O2/c26-25(27,28)21-5-1-3-18(13-21)20-4-2-12-31(16-20)15-17-6-9-22(10-7-17)33-23-11-8-19(14-30-23)24(29)32/h1,3,5-11,13-14,20H,2,4,12,15-16H2,(H2,29,32). The van der Waals surface area contributed by atoms with E-state index in [2.05, 4.69) is 9.88 Å². The Morgan fingerprint density at radius 3 is 2.58 bits per heavy atom. The molecule has 2 heterocycles. The Bertz CT molecular complexity index is 1100. The molecule has 1 atom stereocenters. The van der Waals surface area contributed by atoms with Crippen LogP contribution in [-0.4, -0.2) is 28.9 Å². The Labute approximate surface area is 190 Å². The number of primary amides is 1. The first-order valence-corrected chi connectivity index (χ1v) is 10.7. The monoisotopic (exact) mass is 455 g/mol. The Kier molecular flexibility index (Phi) is 6.65. The number of ether oxygens (including phenoxy) is 1. The molecule has 0 aliphatic carbocycles. The van der Waals surface area contributed by atoms with Gasteiger partial charge in [-0.15, -0.1) is 0 Å². The summed E-state index contributed by atoms with van der Waals surface area (Å²) < 4.78 is 44.9. The normalized spacial score (nSPS) is 17.0. The van der Waals surface area contributed by atoms with Crippen LogP contribution < -0.4 is 10.5 Å². The summed E-state index contributed by atoms with van der Waals surface area (Å²) in [5, 5.41) is 0. The third-order valence-corrected chi connectivity index (χ3v) is 5.76. The number of likely N-dealkylation sites (tertiary alicyclic amines) is 1. The molecule has 0 saturated carbocycles. The van der Waals surface area contributed by atoms with E-state index in [4.69, 9.17) is 10.5 Å². The fraction of sp³-hybridized carbons (Fsp3) is 0.280. The first-order chi connectivity index (χ1) is 15.8. The van der Waals surface area contributed by atoms with Gasteiger partial charge in [0.05, 0.1) is 11.1 Å². The summed E-state index contributed by atoms with van der Waals surface area (Å²) in [6.45, 7) is 2.33. The van der Waals surface area contributed by atoms with Crippen LogP contribution >= 0.6 is 0 Å². The molecule has 1 saturated heterocycles. The lowest BCUT2D eigenvalue weighted by molar-refractivity contribution is -0.137. The van der Waals surface area contributed by atoms with Crippen molar-refractivity contribution in [1.82, 2.24) is 9.88 Å². The van der Waals surface area contributed by atoms with Gasteiger partial charge < -0.3 is 10.5 Å². The van der Waals surface area contributed by atoms with Crippen LogP contribution in [0.4, 0.5) is 13.2 Å². The van der Waals surface area contributed by atoms with Gasteiger partial charge in [0.15, 0.2) is 0 Å². The Morgan fingerprint density at radius 2 is 1.91 bits per heavy atom. The van der Waals surface area contributed by atoms with Crippen LogP contribution in [0.15, 0.2) is 66.9 Å². The number of pyridine rings is 1. The number of piperidine rings is 1. The molecule has 1 fully saturated rings. The third kappa shape index (κ3) is 5.90. The molecule has 172 valence electrons. The number of benzene rings is 2. The van der Waals surface area contributed by atoms with E-state index in [9.17, 15) is 18.0 Å². The van der Waals surface area contributed by atoms with E-state index in [1.165, 1.54) is 18.3 Å². The van der Waals surface area contributed by atoms with Crippen molar-refractivity contribution in [2.45, 2.75) is 31.5 Å². The molecule has 1 unspecified atom stereocenters. The van der Waals surface area contributed by atoms with E-state index >= 15 is 0 Å². The van der Waals surface area contributed by atoms with Gasteiger partial charge in [-0.3, -0.25) is 9.69 Å². The second-order valence-electron chi connectivity index (χ2n) is 8.19. The van der Waals surface area contributed by atoms with E-state index in [-0.39, 0.29) is 5.92 Å². The highest BCUT2D eigenvalue weighted by atomic mass is 19.4. The highest BCUT2D eigenvalue weighted by Gasteiger charge is 2.31. The number of carbonyl (C=O) groups excluding carboxylic acids is 1. The molecule has 2 aromatic carbocycles. The molecule has 1 aliphatic rings. The van der Waals surface area contributed by atoms with Gasteiger partial charge in [0.25, 0.3) is 0 Å². The van der Waals surface area contributed by atoms with Crippen molar-refractivity contribution in [3.8, 4) is 11.6 Å². The maximum absolute atomic E-state index is 13.1. The molecule has 5 nitrogen and oxygen atoms in total. The zero-order chi connectivity index (χ0) is 23.4. The summed E-state index contributed by atoms with van der Waals surface area (Å²) in [7, 11) is 0. The number of halogens is 3. The van der Waals surface area contributed by atoms with Crippen LogP contribution in [0.1, 0.15) is 45.8 Å². The number of aromatic nitrogens is 1. The number of amides is 1. The van der Waals surface area contributed by atoms with Gasteiger partial charge in [-0.1, -0.05) is 30.3 Å². The Balaban J connectivity index is 1.36. The fourth-order valence-corrected chi connectivity index (χ4v) is 4.07. The average molecular weight is 455 g/mol. The van der Waals surface area contributed by atoms with Crippen LogP contribution in [0.3, 0.4) is 0 Å². The maximum Gasteiger partial charge on any atom is 0.416 e. The van der Waals surface area contributed by atoms with E-state index in [0.717, 1.165) is 43.1 Å². The summed E-state index contributed by atoms with van der Waals surface area (Å²) in [6.07, 6.45) is -1.14. The maximum atomic E-state index is 13.1. The summed E-state index contributed by atoms with van der Waals surface area (Å²) in [5.41, 5.74) is 6.75. The quantitative estimate of drug-likeness (QED) is 0.543. The minimum Gasteiger partial charge on any atom is -0.439 e. The van der Waals surface area contributed by atoms with E-state index in [0.29, 0.717) is 23.7 Å². The first kappa shape index (κ1) is 22.8. The molecule has 8 heteroatoms. The van der Waals surface area contributed by atoms with Crippen molar-refractivity contribution in [3.05, 3.63) is 89.1 Å². The zero-order valence-corrected chi connectivity index (χ0v) is 17.9. The van der Waals surface area contributed by atoms with Gasteiger partial charge in [0.1, 0.15) is 5.75 Å². The van der Waals surface area contributed by atoms with Crippen molar-refractivity contribution in [3.63, 3.8) is 0 Å². The molecule has 2 N–H and O–H groups in total. The number of alkyl halides is 3. The molecule has 33 heavy (non-hydrogen) atoms. The molecule has 1 aliphatic heterocycles. The fourth-order valence-electron chi connectivity index (χ4n) is 4.07. The molecular formula is C25H24F3N3O2. The first-order valence-electron chi connectivity index (χ1n) is 10.7. The number of nitrogens with two attached hydrogens (primary N) is 1. The average Bonchev–Trinajstić information content (AvgIpc) is 2.80. The van der Waals surface area contributed by atoms with Crippen molar-refractivity contribution >= 4 is 5.91 Å². The van der Waals surface area contributed by atoms with Gasteiger partial charge >= 0.3 is 6.18 Å². The van der Waals surface area contributed by atoms with Crippen molar-refractivity contribution < 1.29 is 22.7 Å². The molecule has 4 rings (SSSR count). The minimum atomic E-state index is -4.33. The summed E-state index contributed by atoms with van der Waals surface area (Å²) in [6, 6.07) is 16.4. The topological polar surface area (TPSA) is 68.5 Å². The van der Waals surface area contributed by atoms with Crippen molar-refractivity contribution in [1.29, 1.82) is 0 Å². The lowest BCUT2D eigenvalue weighted by Gasteiger charge is -2.33. The molecule has 0 spiro atoms. The Morgan fingerprint density at radius 1 is 1.12 bits per heavy atom. The highest BCUT2D eigenvalue weighted by Crippen LogP contribution is 2.34. The van der Waals surface area contributed by atoms with Crippen LogP contribution in [0.5, 0.6) is 11.6 Å². The van der Waals surface area contributed by atoms with E-state index < -0.39 is 17.6 Å². The number of rotatable bonds is 6. The SMILES string of the molecule is NC(=O)c1ccc(Oc2ccc(CN3CCCC(c4cccc(C(F)(F)F)c4)C3)cc2)nc1. The van der Waals surface area contributed by atoms with Crippen LogP contribution in [0.2, 0.25) is 0 Å². The minimum absolute atomic E-state index is 0.0816. The number of hydrogen-bond acceptors (Lipinski definition) is 4. The van der Waals surface area contributed by atoms with Gasteiger partial charge in [-0.25, -0.2) is 4.98 Å². The van der Waals surface area contributed by atoms with E-state index in [1.54, 1.807) is 18.2 Å². The van der Waals surface area contributed by atoms with Crippen molar-refractivity contribution in [2.75, 3.05) is 13.1 Å². The van der Waals surface area contributed by atoms with Crippen LogP contribution in [0, 0.1) is 0 Å². The largest absolute Gasteiger partial charge is 0.439 e. The van der Waals surface area contributed by atoms with Gasteiger partial charge in [0.2, 0.25) is 11.8 Å². The van der Waals surface area contributed by atoms with Crippen molar-refractivity contribution in [2.24, 2.45) is 5.73 Å². The molecule has 1 aromatic heterocycles. The zero-order valence-electron chi connectivity index (χ0n) is 17.9. The number of hydrogen-bond donors (Lipinski definition) is 1. The number of carbonyl (C=O) groups is 1. The molecule has 3 aromatic rings. The van der Waals surface area contributed by atoms with Gasteiger partial charge in [-0.05, 0) is 60.7 Å². The molecule has 0 radical (unpaired) electrons. The smallest absolute Gasteiger partial charge is 0.416 e. The molecule has 0 bridgehead atoms. The van der Waals surface area contributed by atoms with Gasteiger partial charge in [0, 0.05) is 25.4 Å². The Hall–Kier alpha value is -3.39. The molecular weight excluding hydrogens is 431 g/mol. The molecule has 1 amide bonds. The van der Waals surface area contributed by atoms with Gasteiger partial charge in [-0.2, -0.15) is 13.2 Å². The highest BCUT2D eigenvalue weighted by molar-refractivity contribution is 5.92. The number of nitrogens with zero attached hydrogens (tertiary/aromatic N) is 2. The predicted molar refractivity (Wildman–Crippen MR) is 118 cm³/mol. The predicted octanol–water partition coefficient (Wildman–Crippen LogP) is 5.37. The lowest BCUT2D eigenvalue weighted by atomic mass is 9.89. The summed E-state index contributed by atoms with van der Waals surface area (Å²) in [5.74, 6) is 0.496. The summed E-state index contributed by atoms with van der Waals surface area (Å²) in [4.78, 5) is 17.5. The van der Waals surface area contributed by atoms with Crippen LogP contribution in [0.25, 0.3) is 0 Å². The summed E-state index contributed by atoms with van der Waals surface area (Å²) >= 11 is 0. The van der Waals surface area contributed by atoms with Crippen LogP contribution in [-0.2, 0) is 12.7 Å².